The van der Waals surface area contributed by atoms with E-state index in [0.717, 1.165) is 40.6 Å². The van der Waals surface area contributed by atoms with Crippen LogP contribution in [-0.2, 0) is 23.9 Å². The molecule has 3 rings (SSSR count). The molecule has 0 spiro atoms. The fraction of sp³-hybridized carbons (Fsp3) is 0.586. The van der Waals surface area contributed by atoms with Gasteiger partial charge in [-0.3, -0.25) is 29.2 Å². The highest BCUT2D eigenvalue weighted by Crippen LogP contribution is 2.37. The second-order valence-electron chi connectivity index (χ2n) is 10.4. The lowest BCUT2D eigenvalue weighted by Crippen LogP contribution is -2.41. The molecule has 2 amide bonds. The van der Waals surface area contributed by atoms with E-state index in [1.165, 1.54) is 4.90 Å². The van der Waals surface area contributed by atoms with E-state index >= 15 is 0 Å². The zero-order valence-electron chi connectivity index (χ0n) is 24.5. The third-order valence-corrected chi connectivity index (χ3v) is 10.3. The Morgan fingerprint density at radius 3 is 2.39 bits per heavy atom. The van der Waals surface area contributed by atoms with Crippen molar-refractivity contribution in [3.05, 3.63) is 45.1 Å². The van der Waals surface area contributed by atoms with Crippen molar-refractivity contribution in [2.45, 2.75) is 83.1 Å². The van der Waals surface area contributed by atoms with Crippen molar-refractivity contribution in [3.8, 4) is 0 Å². The van der Waals surface area contributed by atoms with E-state index in [0.29, 0.717) is 36.7 Å². The predicted molar refractivity (Wildman–Crippen MR) is 160 cm³/mol. The third kappa shape index (κ3) is 9.88. The second-order valence-corrected chi connectivity index (χ2v) is 13.3. The van der Waals surface area contributed by atoms with Crippen molar-refractivity contribution in [1.29, 1.82) is 0 Å². The van der Waals surface area contributed by atoms with Crippen LogP contribution in [0.2, 0.25) is 0 Å². The summed E-state index contributed by atoms with van der Waals surface area (Å²) in [5.74, 6) is -0.934. The fourth-order valence-corrected chi connectivity index (χ4v) is 6.79. The molecule has 1 fully saturated rings. The van der Waals surface area contributed by atoms with Crippen LogP contribution in [-0.4, -0.2) is 78.8 Å². The molecule has 1 saturated carbocycles. The molecule has 0 radical (unpaired) electrons. The van der Waals surface area contributed by atoms with Gasteiger partial charge in [0, 0.05) is 48.0 Å². The van der Waals surface area contributed by atoms with Crippen molar-refractivity contribution >= 4 is 45.8 Å². The highest BCUT2D eigenvalue weighted by atomic mass is 33.1. The first-order chi connectivity index (χ1) is 19.6. The monoisotopic (exact) mass is 604 g/mol. The molecule has 224 valence electrons. The minimum Gasteiger partial charge on any atom is -0.465 e. The Bertz CT molecular complexity index is 1260. The number of carbonyl (C=O) groups is 4. The molecule has 2 aliphatic rings. The molecule has 10 nitrogen and oxygen atoms in total. The summed E-state index contributed by atoms with van der Waals surface area (Å²) in [4.78, 5) is 61.6. The van der Waals surface area contributed by atoms with Gasteiger partial charge in [0.1, 0.15) is 12.8 Å². The Hall–Kier alpha value is -2.86. The smallest absolute Gasteiger partial charge is 0.306 e. The number of ether oxygens (including phenoxy) is 2. The number of amides is 2. The van der Waals surface area contributed by atoms with Crippen molar-refractivity contribution in [3.63, 3.8) is 0 Å². The third-order valence-electron chi connectivity index (χ3n) is 7.07. The molecule has 1 heterocycles. The van der Waals surface area contributed by atoms with Gasteiger partial charge in [0.2, 0.25) is 6.41 Å². The normalized spacial score (nSPS) is 18.4. The molecule has 0 unspecified atom stereocenters. The minimum atomic E-state index is -0.457. The van der Waals surface area contributed by atoms with Gasteiger partial charge in [-0.15, -0.1) is 0 Å². The summed E-state index contributed by atoms with van der Waals surface area (Å²) in [6, 6.07) is 5.47. The van der Waals surface area contributed by atoms with Crippen LogP contribution in [0.15, 0.2) is 38.8 Å². The van der Waals surface area contributed by atoms with Gasteiger partial charge >= 0.3 is 11.9 Å². The number of nitrogens with zero attached hydrogens (tertiary/aromatic N) is 4. The quantitative estimate of drug-likeness (QED) is 0.179. The van der Waals surface area contributed by atoms with Gasteiger partial charge in [-0.1, -0.05) is 35.4 Å². The Morgan fingerprint density at radius 2 is 1.71 bits per heavy atom. The lowest BCUT2D eigenvalue weighted by atomic mass is 9.91. The maximum absolute atomic E-state index is 13.0. The number of fused-ring (bicyclic) bond motifs is 1. The molecule has 0 aromatic heterocycles. The molecule has 0 atom stereocenters. The maximum Gasteiger partial charge on any atom is 0.306 e. The van der Waals surface area contributed by atoms with Gasteiger partial charge in [-0.05, 0) is 50.8 Å². The van der Waals surface area contributed by atoms with Gasteiger partial charge in [0.25, 0.3) is 5.91 Å². The largest absolute Gasteiger partial charge is 0.465 e. The Balaban J connectivity index is 1.36. The zero-order chi connectivity index (χ0) is 29.9. The van der Waals surface area contributed by atoms with Crippen LogP contribution >= 0.6 is 21.6 Å². The van der Waals surface area contributed by atoms with Crippen LogP contribution in [0.5, 0.6) is 0 Å². The average Bonchev–Trinajstić information content (AvgIpc) is 3.44. The standard InChI is InChI=1S/C29H40N4O6S2/c1-19(2)40-41-26(20(3)32(4)18-34)14-15-38-27(35)12-13-28(36)39-23-9-7-22(8-10-23)33(5)29(37)21-6-11-24-25(16-21)31-17-30-24/h6,11,16,18-19,22-23H,7-10,12-15,17H2,1-5H3/b26-20-. The van der Waals surface area contributed by atoms with E-state index in [1.54, 1.807) is 45.7 Å². The van der Waals surface area contributed by atoms with Crippen molar-refractivity contribution in [1.82, 2.24) is 9.80 Å². The van der Waals surface area contributed by atoms with Gasteiger partial charge in [-0.25, -0.2) is 0 Å². The van der Waals surface area contributed by atoms with Gasteiger partial charge < -0.3 is 19.3 Å². The molecule has 1 aromatic rings. The van der Waals surface area contributed by atoms with Crippen LogP contribution < -0.4 is 10.7 Å². The molecule has 1 aliphatic carbocycles. The molecule has 0 saturated heterocycles. The van der Waals surface area contributed by atoms with Gasteiger partial charge in [0.15, 0.2) is 0 Å². The summed E-state index contributed by atoms with van der Waals surface area (Å²) >= 11 is 0. The Morgan fingerprint density at radius 1 is 1.02 bits per heavy atom. The van der Waals surface area contributed by atoms with E-state index in [9.17, 15) is 19.2 Å². The highest BCUT2D eigenvalue weighted by molar-refractivity contribution is 8.78. The molecule has 41 heavy (non-hydrogen) atoms. The minimum absolute atomic E-state index is 0.0413. The number of hydrogen-bond donors (Lipinski definition) is 0. The van der Waals surface area contributed by atoms with E-state index < -0.39 is 11.9 Å². The first-order valence-corrected chi connectivity index (χ1v) is 16.1. The molecule has 0 bridgehead atoms. The molecular weight excluding hydrogens is 564 g/mol. The molecule has 0 N–H and O–H groups in total. The van der Waals surface area contributed by atoms with Crippen molar-refractivity contribution < 1.29 is 28.7 Å². The van der Waals surface area contributed by atoms with Crippen molar-refractivity contribution in [2.24, 2.45) is 9.98 Å². The number of hydrogen-bond acceptors (Lipinski definition) is 10. The number of benzene rings is 1. The summed E-state index contributed by atoms with van der Waals surface area (Å²) in [5.41, 5.74) is 1.41. The lowest BCUT2D eigenvalue weighted by Gasteiger charge is -2.34. The van der Waals surface area contributed by atoms with Crippen LogP contribution in [0, 0.1) is 0 Å². The fourth-order valence-electron chi connectivity index (χ4n) is 4.52. The van der Waals surface area contributed by atoms with Crippen LogP contribution in [0.4, 0.5) is 0 Å². The van der Waals surface area contributed by atoms with E-state index in [4.69, 9.17) is 9.47 Å². The van der Waals surface area contributed by atoms with Gasteiger partial charge in [0.05, 0.1) is 30.2 Å². The second kappa shape index (κ2) is 16.0. The van der Waals surface area contributed by atoms with E-state index in [1.807, 2.05) is 20.0 Å². The molecule has 1 aromatic carbocycles. The summed E-state index contributed by atoms with van der Waals surface area (Å²) in [6.45, 7) is 6.61. The molecular formula is C29H40N4O6S2. The number of rotatable bonds is 14. The van der Waals surface area contributed by atoms with Crippen LogP contribution in [0.25, 0.3) is 0 Å². The maximum atomic E-state index is 13.0. The number of carbonyl (C=O) groups excluding carboxylic acids is 4. The average molecular weight is 605 g/mol. The summed E-state index contributed by atoms with van der Waals surface area (Å²) in [7, 11) is 6.75. The lowest BCUT2D eigenvalue weighted by molar-refractivity contribution is -0.155. The first-order valence-electron chi connectivity index (χ1n) is 13.9. The molecule has 12 heteroatoms. The highest BCUT2D eigenvalue weighted by Gasteiger charge is 2.29. The summed E-state index contributed by atoms with van der Waals surface area (Å²) in [6.07, 6.45) is 3.71. The summed E-state index contributed by atoms with van der Waals surface area (Å²) < 4.78 is 11.0. The predicted octanol–water partition coefficient (Wildman–Crippen LogP) is 3.65. The molecule has 1 aliphatic heterocycles. The van der Waals surface area contributed by atoms with Gasteiger partial charge in [-0.2, -0.15) is 0 Å². The number of allylic oxidation sites excluding steroid dienone is 1. The summed E-state index contributed by atoms with van der Waals surface area (Å²) in [5, 5.41) is 1.97. The topological polar surface area (TPSA) is 118 Å². The van der Waals surface area contributed by atoms with Crippen LogP contribution in [0.3, 0.4) is 0 Å². The SMILES string of the molecule is C/C(=C(\CCOC(=O)CCC(=O)OC1CCC(N(C)C(=O)c2ccc3c(c2)=NCN=3)CC1)SSC(C)C)N(C)C=O. The Kier molecular flexibility index (Phi) is 12.7. The first kappa shape index (κ1) is 32.7. The van der Waals surface area contributed by atoms with Crippen molar-refractivity contribution in [2.75, 3.05) is 27.4 Å². The van der Waals surface area contributed by atoms with Crippen LogP contribution in [0.1, 0.15) is 76.1 Å². The van der Waals surface area contributed by atoms with E-state index in [2.05, 4.69) is 23.8 Å². The Labute approximate surface area is 249 Å². The van der Waals surface area contributed by atoms with E-state index in [-0.39, 0.29) is 37.5 Å². The zero-order valence-corrected chi connectivity index (χ0v) is 26.1. The number of esters is 2.